The molecule has 0 aromatic heterocycles. The van der Waals surface area contributed by atoms with Gasteiger partial charge in [0, 0.05) is 22.5 Å². The molecule has 25 heavy (non-hydrogen) atoms. The molecule has 6 nitrogen and oxygen atoms in total. The van der Waals surface area contributed by atoms with Crippen molar-refractivity contribution in [3.8, 4) is 0 Å². The Hall–Kier alpha value is -3.15. The average molecular weight is 340 g/mol. The number of ether oxygens (including phenoxy) is 1. The zero-order chi connectivity index (χ0) is 18.2. The van der Waals surface area contributed by atoms with Crippen LogP contribution in [0.15, 0.2) is 48.5 Å². The Balaban J connectivity index is 2.09. The summed E-state index contributed by atoms with van der Waals surface area (Å²) in [5, 5.41) is 5.90. The van der Waals surface area contributed by atoms with E-state index in [1.54, 1.807) is 48.5 Å². The number of nitrogens with one attached hydrogen (secondary N) is 2. The monoisotopic (exact) mass is 340 g/mol. The van der Waals surface area contributed by atoms with Crippen molar-refractivity contribution in [3.63, 3.8) is 0 Å². The molecular formula is C19H20N2O4. The number of rotatable bonds is 8. The van der Waals surface area contributed by atoms with Crippen molar-refractivity contribution >= 4 is 28.9 Å². The Morgan fingerprint density at radius 1 is 0.840 bits per heavy atom. The van der Waals surface area contributed by atoms with Gasteiger partial charge in [-0.05, 0) is 31.2 Å². The van der Waals surface area contributed by atoms with Crippen LogP contribution in [0.25, 0.3) is 0 Å². The molecule has 0 atom stereocenters. The van der Waals surface area contributed by atoms with Gasteiger partial charge in [-0.15, -0.1) is 0 Å². The first-order valence-electron chi connectivity index (χ1n) is 7.79. The molecule has 0 aliphatic rings. The van der Waals surface area contributed by atoms with E-state index < -0.39 is 5.97 Å². The van der Waals surface area contributed by atoms with E-state index in [4.69, 9.17) is 0 Å². The maximum Gasteiger partial charge on any atom is 0.325 e. The largest absolute Gasteiger partial charge is 0.468 e. The lowest BCUT2D eigenvalue weighted by Gasteiger charge is -2.12. The van der Waals surface area contributed by atoms with Crippen molar-refractivity contribution in [1.82, 2.24) is 0 Å². The third-order valence-corrected chi connectivity index (χ3v) is 3.62. The lowest BCUT2D eigenvalue weighted by atomic mass is 10.1. The van der Waals surface area contributed by atoms with Gasteiger partial charge in [-0.1, -0.05) is 24.3 Å². The van der Waals surface area contributed by atoms with Crippen LogP contribution in [0, 0.1) is 0 Å². The molecule has 0 unspecified atom stereocenters. The molecule has 0 fully saturated rings. The molecule has 0 aliphatic heterocycles. The number of para-hydroxylation sites is 2. The van der Waals surface area contributed by atoms with Crippen molar-refractivity contribution in [2.75, 3.05) is 30.8 Å². The highest BCUT2D eigenvalue weighted by Crippen LogP contribution is 2.18. The average Bonchev–Trinajstić information content (AvgIpc) is 2.64. The number of carbonyl (C=O) groups is 3. The first-order valence-corrected chi connectivity index (χ1v) is 7.79. The topological polar surface area (TPSA) is 84.5 Å². The standard InChI is InChI=1S/C19H20N2O4/c1-13(22)14-7-3-5-9-16(14)20-11-18(23)15-8-4-6-10-17(15)21-12-19(24)25-2/h3-10,20-21H,11-12H2,1-2H3. The van der Waals surface area contributed by atoms with Crippen LogP contribution in [-0.4, -0.2) is 37.7 Å². The molecule has 2 rings (SSSR count). The van der Waals surface area contributed by atoms with Crippen LogP contribution in [0.3, 0.4) is 0 Å². The molecular weight excluding hydrogens is 320 g/mol. The molecule has 130 valence electrons. The van der Waals surface area contributed by atoms with Crippen LogP contribution in [0.2, 0.25) is 0 Å². The summed E-state index contributed by atoms with van der Waals surface area (Å²) in [5.41, 5.74) is 2.16. The quantitative estimate of drug-likeness (QED) is 0.568. The first-order chi connectivity index (χ1) is 12.0. The predicted octanol–water partition coefficient (Wildman–Crippen LogP) is 2.77. The Labute approximate surface area is 146 Å². The normalized spacial score (nSPS) is 10.0. The Bertz CT molecular complexity index is 786. The zero-order valence-electron chi connectivity index (χ0n) is 14.2. The lowest BCUT2D eigenvalue weighted by molar-refractivity contribution is -0.138. The molecule has 2 aromatic carbocycles. The number of ketones is 2. The second-order valence-electron chi connectivity index (χ2n) is 5.35. The number of hydrogen-bond donors (Lipinski definition) is 2. The van der Waals surface area contributed by atoms with Crippen LogP contribution in [-0.2, 0) is 9.53 Å². The van der Waals surface area contributed by atoms with Gasteiger partial charge < -0.3 is 15.4 Å². The van der Waals surface area contributed by atoms with Gasteiger partial charge in [0.15, 0.2) is 11.6 Å². The summed E-state index contributed by atoms with van der Waals surface area (Å²) in [5.74, 6) is -0.655. The minimum atomic E-state index is -0.421. The van der Waals surface area contributed by atoms with E-state index in [2.05, 4.69) is 15.4 Å². The van der Waals surface area contributed by atoms with E-state index in [9.17, 15) is 14.4 Å². The molecule has 0 spiro atoms. The number of anilines is 2. The van der Waals surface area contributed by atoms with Gasteiger partial charge in [0.05, 0.1) is 13.7 Å². The molecule has 0 saturated heterocycles. The van der Waals surface area contributed by atoms with Gasteiger partial charge >= 0.3 is 5.97 Å². The second kappa shape index (κ2) is 8.63. The maximum atomic E-state index is 12.5. The van der Waals surface area contributed by atoms with Gasteiger partial charge in [0.25, 0.3) is 0 Å². The van der Waals surface area contributed by atoms with E-state index in [1.165, 1.54) is 14.0 Å². The number of hydrogen-bond acceptors (Lipinski definition) is 6. The zero-order valence-corrected chi connectivity index (χ0v) is 14.2. The van der Waals surface area contributed by atoms with Gasteiger partial charge in [0.1, 0.15) is 6.54 Å². The van der Waals surface area contributed by atoms with E-state index >= 15 is 0 Å². The SMILES string of the molecule is COC(=O)CNc1ccccc1C(=O)CNc1ccccc1C(C)=O. The van der Waals surface area contributed by atoms with Crippen molar-refractivity contribution in [3.05, 3.63) is 59.7 Å². The van der Waals surface area contributed by atoms with E-state index in [0.717, 1.165) is 0 Å². The third-order valence-electron chi connectivity index (χ3n) is 3.62. The number of methoxy groups -OCH3 is 1. The summed E-state index contributed by atoms with van der Waals surface area (Å²) in [4.78, 5) is 35.4. The van der Waals surface area contributed by atoms with Crippen molar-refractivity contribution in [2.45, 2.75) is 6.92 Å². The fourth-order valence-corrected chi connectivity index (χ4v) is 2.33. The number of carbonyl (C=O) groups excluding carboxylic acids is 3. The molecule has 0 radical (unpaired) electrons. The molecule has 0 aliphatic carbocycles. The fraction of sp³-hybridized carbons (Fsp3) is 0.211. The lowest BCUT2D eigenvalue weighted by Crippen LogP contribution is -2.20. The predicted molar refractivity (Wildman–Crippen MR) is 96.2 cm³/mol. The summed E-state index contributed by atoms with van der Waals surface area (Å²) in [6, 6.07) is 14.0. The van der Waals surface area contributed by atoms with Crippen LogP contribution in [0.1, 0.15) is 27.6 Å². The molecule has 0 heterocycles. The second-order valence-corrected chi connectivity index (χ2v) is 5.35. The van der Waals surface area contributed by atoms with Crippen molar-refractivity contribution < 1.29 is 19.1 Å². The summed E-state index contributed by atoms with van der Waals surface area (Å²) in [6.45, 7) is 1.48. The summed E-state index contributed by atoms with van der Waals surface area (Å²) >= 11 is 0. The highest BCUT2D eigenvalue weighted by atomic mass is 16.5. The Morgan fingerprint density at radius 3 is 1.96 bits per heavy atom. The van der Waals surface area contributed by atoms with E-state index in [-0.39, 0.29) is 24.7 Å². The van der Waals surface area contributed by atoms with Gasteiger partial charge in [-0.25, -0.2) is 0 Å². The maximum absolute atomic E-state index is 12.5. The Morgan fingerprint density at radius 2 is 1.36 bits per heavy atom. The third kappa shape index (κ3) is 4.91. The molecule has 6 heteroatoms. The molecule has 2 N–H and O–H groups in total. The van der Waals surface area contributed by atoms with Crippen LogP contribution in [0.4, 0.5) is 11.4 Å². The van der Waals surface area contributed by atoms with Gasteiger partial charge in [-0.2, -0.15) is 0 Å². The number of esters is 1. The van der Waals surface area contributed by atoms with E-state index in [1.807, 2.05) is 0 Å². The summed E-state index contributed by atoms with van der Waals surface area (Å²) in [6.07, 6.45) is 0. The van der Waals surface area contributed by atoms with Crippen LogP contribution >= 0.6 is 0 Å². The molecule has 0 amide bonds. The van der Waals surface area contributed by atoms with Gasteiger partial charge in [-0.3, -0.25) is 14.4 Å². The summed E-state index contributed by atoms with van der Waals surface area (Å²) in [7, 11) is 1.30. The first kappa shape index (κ1) is 18.2. The summed E-state index contributed by atoms with van der Waals surface area (Å²) < 4.78 is 4.58. The highest BCUT2D eigenvalue weighted by molar-refractivity contribution is 6.05. The van der Waals surface area contributed by atoms with Crippen LogP contribution < -0.4 is 10.6 Å². The molecule has 2 aromatic rings. The smallest absolute Gasteiger partial charge is 0.325 e. The number of Topliss-reactive ketones (excluding diaryl/α,β-unsaturated/α-hetero) is 2. The molecule has 0 bridgehead atoms. The Kier molecular flexibility index (Phi) is 6.28. The molecule has 0 saturated carbocycles. The van der Waals surface area contributed by atoms with E-state index in [0.29, 0.717) is 22.5 Å². The van der Waals surface area contributed by atoms with Gasteiger partial charge in [0.2, 0.25) is 0 Å². The minimum absolute atomic E-state index is 0.0264. The van der Waals surface area contributed by atoms with Crippen molar-refractivity contribution in [1.29, 1.82) is 0 Å². The van der Waals surface area contributed by atoms with Crippen LogP contribution in [0.5, 0.6) is 0 Å². The fourth-order valence-electron chi connectivity index (χ4n) is 2.33. The number of benzene rings is 2. The minimum Gasteiger partial charge on any atom is -0.468 e. The highest BCUT2D eigenvalue weighted by Gasteiger charge is 2.13. The van der Waals surface area contributed by atoms with Crippen molar-refractivity contribution in [2.24, 2.45) is 0 Å².